The van der Waals surface area contributed by atoms with E-state index in [0.717, 1.165) is 12.0 Å². The van der Waals surface area contributed by atoms with Gasteiger partial charge in [-0.2, -0.15) is 5.26 Å². The quantitative estimate of drug-likeness (QED) is 0.467. The summed E-state index contributed by atoms with van der Waals surface area (Å²) < 4.78 is 0. The summed E-state index contributed by atoms with van der Waals surface area (Å²) in [6, 6.07) is 6.42. The number of alkyl halides is 1. The predicted octanol–water partition coefficient (Wildman–Crippen LogP) is 3.59. The van der Waals surface area contributed by atoms with E-state index in [1.54, 1.807) is 12.1 Å². The lowest BCUT2D eigenvalue weighted by Crippen LogP contribution is -2.08. The Kier molecular flexibility index (Phi) is 4.47. The zero-order chi connectivity index (χ0) is 13.0. The highest BCUT2D eigenvalue weighted by molar-refractivity contribution is 6.21. The highest BCUT2D eigenvalue weighted by Crippen LogP contribution is 2.29. The van der Waals surface area contributed by atoms with Crippen LogP contribution >= 0.6 is 11.6 Å². The summed E-state index contributed by atoms with van der Waals surface area (Å²) in [5, 5.41) is 19.5. The molecule has 2 unspecified atom stereocenters. The van der Waals surface area contributed by atoms with Crippen molar-refractivity contribution in [3.8, 4) is 6.07 Å². The minimum absolute atomic E-state index is 0.0389. The number of nitro groups is 1. The van der Waals surface area contributed by atoms with Crippen LogP contribution in [0.5, 0.6) is 0 Å². The number of benzene rings is 1. The molecule has 1 rings (SSSR count). The van der Waals surface area contributed by atoms with E-state index in [1.807, 2.05) is 19.9 Å². The van der Waals surface area contributed by atoms with Crippen LogP contribution in [0.25, 0.3) is 0 Å². The van der Waals surface area contributed by atoms with Crippen LogP contribution in [0.1, 0.15) is 37.3 Å². The SMILES string of the molecule is CCC(Cl)C(C)c1ccc([N+](=O)[O-])c(C#N)c1. The molecule has 0 heterocycles. The van der Waals surface area contributed by atoms with Gasteiger partial charge in [-0.25, -0.2) is 0 Å². The second-order valence-electron chi connectivity index (χ2n) is 3.86. The molecule has 0 amide bonds. The van der Waals surface area contributed by atoms with Crippen LogP contribution in [0.15, 0.2) is 18.2 Å². The highest BCUT2D eigenvalue weighted by atomic mass is 35.5. The van der Waals surface area contributed by atoms with Gasteiger partial charge in [-0.3, -0.25) is 10.1 Å². The Labute approximate surface area is 105 Å². The van der Waals surface area contributed by atoms with Crippen LogP contribution in [0, 0.1) is 21.4 Å². The molecule has 5 heteroatoms. The summed E-state index contributed by atoms with van der Waals surface area (Å²) in [6.07, 6.45) is 0.807. The first-order valence-corrected chi connectivity index (χ1v) is 5.77. The summed E-state index contributed by atoms with van der Waals surface area (Å²) in [7, 11) is 0. The van der Waals surface area contributed by atoms with Crippen molar-refractivity contribution in [3.05, 3.63) is 39.4 Å². The monoisotopic (exact) mass is 252 g/mol. The fraction of sp³-hybridized carbons (Fsp3) is 0.417. The van der Waals surface area contributed by atoms with Gasteiger partial charge in [-0.15, -0.1) is 11.6 Å². The van der Waals surface area contributed by atoms with Gasteiger partial charge in [0.25, 0.3) is 5.69 Å². The molecular formula is C12H13ClN2O2. The molecule has 1 aromatic rings. The molecule has 4 nitrogen and oxygen atoms in total. The number of nitrogens with zero attached hydrogens (tertiary/aromatic N) is 2. The standard InChI is InChI=1S/C12H13ClN2O2/c1-3-11(13)8(2)9-4-5-12(15(16)17)10(6-9)7-14/h4-6,8,11H,3H2,1-2H3. The van der Waals surface area contributed by atoms with Gasteiger partial charge >= 0.3 is 0 Å². The lowest BCUT2D eigenvalue weighted by atomic mass is 9.94. The van der Waals surface area contributed by atoms with E-state index in [0.29, 0.717) is 0 Å². The van der Waals surface area contributed by atoms with Crippen LogP contribution < -0.4 is 0 Å². The molecule has 0 N–H and O–H groups in total. The maximum atomic E-state index is 10.7. The lowest BCUT2D eigenvalue weighted by molar-refractivity contribution is -0.385. The van der Waals surface area contributed by atoms with Crippen molar-refractivity contribution in [3.63, 3.8) is 0 Å². The third-order valence-corrected chi connectivity index (χ3v) is 3.48. The third-order valence-electron chi connectivity index (χ3n) is 2.80. The number of halogens is 1. The predicted molar refractivity (Wildman–Crippen MR) is 66.2 cm³/mol. The zero-order valence-corrected chi connectivity index (χ0v) is 10.4. The number of hydrogen-bond donors (Lipinski definition) is 0. The fourth-order valence-electron chi connectivity index (χ4n) is 1.65. The summed E-state index contributed by atoms with van der Waals surface area (Å²) >= 11 is 6.13. The van der Waals surface area contributed by atoms with Gasteiger partial charge in [0.2, 0.25) is 0 Å². The zero-order valence-electron chi connectivity index (χ0n) is 9.68. The van der Waals surface area contributed by atoms with Gasteiger partial charge in [0, 0.05) is 11.4 Å². The van der Waals surface area contributed by atoms with Crippen molar-refractivity contribution in [1.82, 2.24) is 0 Å². The molecule has 0 saturated heterocycles. The normalized spacial score (nSPS) is 13.8. The average Bonchev–Trinajstić information content (AvgIpc) is 2.35. The van der Waals surface area contributed by atoms with E-state index in [9.17, 15) is 10.1 Å². The van der Waals surface area contributed by atoms with Crippen molar-refractivity contribution in [2.24, 2.45) is 0 Å². The molecule has 0 aromatic heterocycles. The van der Waals surface area contributed by atoms with Crippen LogP contribution in [-0.4, -0.2) is 10.3 Å². The third kappa shape index (κ3) is 2.95. The molecule has 90 valence electrons. The van der Waals surface area contributed by atoms with Gasteiger partial charge in [-0.05, 0) is 24.0 Å². The molecule has 0 aliphatic heterocycles. The molecule has 1 aromatic carbocycles. The average molecular weight is 253 g/mol. The largest absolute Gasteiger partial charge is 0.287 e. The van der Waals surface area contributed by atoms with Crippen molar-refractivity contribution in [1.29, 1.82) is 5.26 Å². The van der Waals surface area contributed by atoms with Crippen LogP contribution in [0.2, 0.25) is 0 Å². The van der Waals surface area contributed by atoms with E-state index in [2.05, 4.69) is 0 Å². The van der Waals surface area contributed by atoms with Gasteiger partial charge in [0.05, 0.1) is 4.92 Å². The Bertz CT molecular complexity index is 468. The molecule has 0 fully saturated rings. The van der Waals surface area contributed by atoms with Crippen LogP contribution in [0.4, 0.5) is 5.69 Å². The second-order valence-corrected chi connectivity index (χ2v) is 4.42. The smallest absolute Gasteiger partial charge is 0.258 e. The maximum Gasteiger partial charge on any atom is 0.287 e. The first-order chi connectivity index (χ1) is 8.01. The van der Waals surface area contributed by atoms with Crippen molar-refractivity contribution >= 4 is 17.3 Å². The number of nitro benzene ring substituents is 1. The van der Waals surface area contributed by atoms with Gasteiger partial charge in [-0.1, -0.05) is 19.9 Å². The number of rotatable bonds is 4. The highest BCUT2D eigenvalue weighted by Gasteiger charge is 2.19. The summed E-state index contributed by atoms with van der Waals surface area (Å²) in [6.45, 7) is 3.92. The Morgan fingerprint density at radius 3 is 2.71 bits per heavy atom. The topological polar surface area (TPSA) is 66.9 Å². The fourth-order valence-corrected chi connectivity index (χ4v) is 1.79. The van der Waals surface area contributed by atoms with Gasteiger partial charge < -0.3 is 0 Å². The molecule has 17 heavy (non-hydrogen) atoms. The second kappa shape index (κ2) is 5.65. The number of hydrogen-bond acceptors (Lipinski definition) is 3. The maximum absolute atomic E-state index is 10.7. The summed E-state index contributed by atoms with van der Waals surface area (Å²) in [5.41, 5.74) is 0.777. The van der Waals surface area contributed by atoms with Gasteiger partial charge in [0.15, 0.2) is 0 Å². The van der Waals surface area contributed by atoms with E-state index < -0.39 is 4.92 Å². The van der Waals surface area contributed by atoms with E-state index >= 15 is 0 Å². The van der Waals surface area contributed by atoms with E-state index in [4.69, 9.17) is 16.9 Å². The van der Waals surface area contributed by atoms with Gasteiger partial charge in [0.1, 0.15) is 11.6 Å². The molecule has 0 aliphatic rings. The minimum atomic E-state index is -0.551. The Hall–Kier alpha value is -1.60. The first-order valence-electron chi connectivity index (χ1n) is 5.33. The van der Waals surface area contributed by atoms with Crippen molar-refractivity contribution < 1.29 is 4.92 Å². The Morgan fingerprint density at radius 1 is 1.59 bits per heavy atom. The van der Waals surface area contributed by atoms with E-state index in [-0.39, 0.29) is 22.5 Å². The molecule has 0 saturated carbocycles. The van der Waals surface area contributed by atoms with Crippen molar-refractivity contribution in [2.75, 3.05) is 0 Å². The summed E-state index contributed by atoms with van der Waals surface area (Å²) in [5.74, 6) is 0.0644. The Morgan fingerprint density at radius 2 is 2.24 bits per heavy atom. The molecule has 0 bridgehead atoms. The molecule has 0 radical (unpaired) electrons. The molecule has 0 spiro atoms. The molecule has 0 aliphatic carbocycles. The van der Waals surface area contributed by atoms with Crippen molar-refractivity contribution in [2.45, 2.75) is 31.6 Å². The van der Waals surface area contributed by atoms with Crippen LogP contribution in [0.3, 0.4) is 0 Å². The van der Waals surface area contributed by atoms with Crippen LogP contribution in [-0.2, 0) is 0 Å². The Balaban J connectivity index is 3.15. The number of nitriles is 1. The first kappa shape index (κ1) is 13.5. The lowest BCUT2D eigenvalue weighted by Gasteiger charge is -2.16. The molecular weight excluding hydrogens is 240 g/mol. The minimum Gasteiger partial charge on any atom is -0.258 e. The summed E-state index contributed by atoms with van der Waals surface area (Å²) in [4.78, 5) is 10.1. The van der Waals surface area contributed by atoms with E-state index in [1.165, 1.54) is 6.07 Å². The molecule has 2 atom stereocenters.